The van der Waals surface area contributed by atoms with Gasteiger partial charge in [-0.15, -0.1) is 0 Å². The van der Waals surface area contributed by atoms with Crippen LogP contribution < -0.4 is 0 Å². The number of ether oxygens (including phenoxy) is 1. The third kappa shape index (κ3) is 2.33. The first-order valence-electron chi connectivity index (χ1n) is 7.70. The van der Waals surface area contributed by atoms with E-state index in [0.29, 0.717) is 47.7 Å². The van der Waals surface area contributed by atoms with Crippen LogP contribution in [0.3, 0.4) is 0 Å². The first-order chi connectivity index (χ1) is 11.0. The van der Waals surface area contributed by atoms with Gasteiger partial charge < -0.3 is 18.7 Å². The molecule has 2 aliphatic rings. The maximum atomic E-state index is 12.7. The molecule has 0 aliphatic carbocycles. The number of rotatable bonds is 2. The molecule has 3 atom stereocenters. The molecule has 8 heteroatoms. The predicted octanol–water partition coefficient (Wildman–Crippen LogP) is 1.59. The summed E-state index contributed by atoms with van der Waals surface area (Å²) >= 11 is 0. The summed E-state index contributed by atoms with van der Waals surface area (Å²) in [5.74, 6) is 1.96. The van der Waals surface area contributed by atoms with E-state index in [0.717, 1.165) is 6.42 Å². The van der Waals surface area contributed by atoms with Gasteiger partial charge in [-0.2, -0.15) is 4.98 Å². The fraction of sp³-hybridized carbons (Fsp3) is 0.600. The highest BCUT2D eigenvalue weighted by atomic mass is 16.5. The Morgan fingerprint density at radius 3 is 2.61 bits per heavy atom. The Balaban J connectivity index is 1.45. The average Bonchev–Trinajstić information content (AvgIpc) is 3.22. The van der Waals surface area contributed by atoms with E-state index in [1.807, 2.05) is 4.90 Å². The van der Waals surface area contributed by atoms with Crippen molar-refractivity contribution in [1.82, 2.24) is 20.2 Å². The van der Waals surface area contributed by atoms with Crippen molar-refractivity contribution in [2.45, 2.75) is 39.4 Å². The minimum atomic E-state index is -0.140. The van der Waals surface area contributed by atoms with Crippen LogP contribution in [0.25, 0.3) is 0 Å². The summed E-state index contributed by atoms with van der Waals surface area (Å²) in [6.45, 7) is 6.54. The lowest BCUT2D eigenvalue weighted by molar-refractivity contribution is 0.0304. The van der Waals surface area contributed by atoms with Crippen molar-refractivity contribution >= 4 is 5.91 Å². The lowest BCUT2D eigenvalue weighted by atomic mass is 10.0. The highest BCUT2D eigenvalue weighted by molar-refractivity contribution is 5.96. The zero-order valence-electron chi connectivity index (χ0n) is 13.3. The number of amides is 1. The van der Waals surface area contributed by atoms with Crippen molar-refractivity contribution in [3.8, 4) is 0 Å². The number of nitrogens with zero attached hydrogens (tertiary/aromatic N) is 4. The number of fused-ring (bicyclic) bond motifs is 1. The van der Waals surface area contributed by atoms with Gasteiger partial charge in [0.05, 0.1) is 11.8 Å². The Bertz CT molecular complexity index is 719. The fourth-order valence-corrected chi connectivity index (χ4v) is 3.49. The van der Waals surface area contributed by atoms with Gasteiger partial charge in [-0.25, -0.2) is 0 Å². The lowest BCUT2D eigenvalue weighted by Crippen LogP contribution is -2.31. The molecule has 0 N–H and O–H groups in total. The molecule has 8 nitrogen and oxygen atoms in total. The number of likely N-dealkylation sites (tertiary alicyclic amines) is 1. The molecule has 0 radical (unpaired) electrons. The second-order valence-electron chi connectivity index (χ2n) is 6.24. The average molecular weight is 318 g/mol. The van der Waals surface area contributed by atoms with Crippen LogP contribution >= 0.6 is 0 Å². The standard InChI is InChI=1S/C15H18N4O4/c1-7-13(8(2)22-17-7)15(20)19-5-10-4-11(21-12(10)6-19)14-16-9(3)23-18-14/h10-12H,4-6H2,1-3H3/t10-,11-,12+/m0/s1. The number of aryl methyl sites for hydroxylation is 3. The number of aromatic nitrogens is 3. The highest BCUT2D eigenvalue weighted by Crippen LogP contribution is 2.40. The molecule has 0 bridgehead atoms. The zero-order valence-corrected chi connectivity index (χ0v) is 13.3. The molecule has 2 fully saturated rings. The molecular formula is C15H18N4O4. The molecule has 23 heavy (non-hydrogen) atoms. The SMILES string of the molecule is Cc1nc([C@@H]2C[C@H]3CN(C(=O)c4c(C)noc4C)C[C@H]3O2)no1. The third-order valence-corrected chi connectivity index (χ3v) is 4.60. The monoisotopic (exact) mass is 318 g/mol. The van der Waals surface area contributed by atoms with E-state index in [4.69, 9.17) is 13.8 Å². The van der Waals surface area contributed by atoms with Crippen molar-refractivity contribution in [2.24, 2.45) is 5.92 Å². The summed E-state index contributed by atoms with van der Waals surface area (Å²) in [6, 6.07) is 0. The summed E-state index contributed by atoms with van der Waals surface area (Å²) in [4.78, 5) is 18.7. The van der Waals surface area contributed by atoms with E-state index < -0.39 is 0 Å². The van der Waals surface area contributed by atoms with Gasteiger partial charge in [-0.05, 0) is 20.3 Å². The van der Waals surface area contributed by atoms with Crippen LogP contribution in [0.4, 0.5) is 0 Å². The largest absolute Gasteiger partial charge is 0.365 e. The van der Waals surface area contributed by atoms with Crippen molar-refractivity contribution in [3.05, 3.63) is 28.7 Å². The van der Waals surface area contributed by atoms with Gasteiger partial charge in [0.25, 0.3) is 5.91 Å². The first kappa shape index (κ1) is 14.4. The smallest absolute Gasteiger partial charge is 0.259 e. The van der Waals surface area contributed by atoms with Crippen molar-refractivity contribution in [1.29, 1.82) is 0 Å². The van der Waals surface area contributed by atoms with Gasteiger partial charge in [0.15, 0.2) is 0 Å². The molecule has 0 spiro atoms. The summed E-state index contributed by atoms with van der Waals surface area (Å²) in [6.07, 6.45) is 0.677. The molecule has 2 aliphatic heterocycles. The van der Waals surface area contributed by atoms with Crippen LogP contribution in [0.1, 0.15) is 46.1 Å². The van der Waals surface area contributed by atoms with Gasteiger partial charge in [-0.3, -0.25) is 4.79 Å². The van der Waals surface area contributed by atoms with Crippen LogP contribution in [0.15, 0.2) is 9.05 Å². The minimum Gasteiger partial charge on any atom is -0.365 e. The van der Waals surface area contributed by atoms with Gasteiger partial charge >= 0.3 is 0 Å². The molecule has 4 rings (SSSR count). The topological polar surface area (TPSA) is 94.5 Å². The Kier molecular flexibility index (Phi) is 3.22. The number of carbonyl (C=O) groups excluding carboxylic acids is 1. The number of hydrogen-bond donors (Lipinski definition) is 0. The van der Waals surface area contributed by atoms with Crippen LogP contribution in [0.5, 0.6) is 0 Å². The van der Waals surface area contributed by atoms with Crippen LogP contribution in [-0.4, -0.2) is 45.3 Å². The fourth-order valence-electron chi connectivity index (χ4n) is 3.49. The zero-order chi connectivity index (χ0) is 16.1. The van der Waals surface area contributed by atoms with E-state index in [-0.39, 0.29) is 18.1 Å². The Hall–Kier alpha value is -2.22. The predicted molar refractivity (Wildman–Crippen MR) is 76.6 cm³/mol. The number of hydrogen-bond acceptors (Lipinski definition) is 7. The van der Waals surface area contributed by atoms with E-state index in [2.05, 4.69) is 15.3 Å². The first-order valence-corrected chi connectivity index (χ1v) is 7.70. The Labute approximate surface area is 132 Å². The summed E-state index contributed by atoms with van der Waals surface area (Å²) in [5.41, 5.74) is 1.20. The van der Waals surface area contributed by atoms with Gasteiger partial charge in [0, 0.05) is 25.9 Å². The van der Waals surface area contributed by atoms with Crippen molar-refractivity contribution in [2.75, 3.05) is 13.1 Å². The molecule has 2 saturated heterocycles. The van der Waals surface area contributed by atoms with E-state index in [1.165, 1.54) is 0 Å². The maximum absolute atomic E-state index is 12.7. The quantitative estimate of drug-likeness (QED) is 0.829. The van der Waals surface area contributed by atoms with Gasteiger partial charge in [0.2, 0.25) is 11.7 Å². The van der Waals surface area contributed by atoms with Crippen LogP contribution in [0.2, 0.25) is 0 Å². The maximum Gasteiger partial charge on any atom is 0.259 e. The lowest BCUT2D eigenvalue weighted by Gasteiger charge is -2.18. The summed E-state index contributed by atoms with van der Waals surface area (Å²) in [7, 11) is 0. The van der Waals surface area contributed by atoms with Crippen molar-refractivity contribution < 1.29 is 18.6 Å². The number of carbonyl (C=O) groups is 1. The second-order valence-corrected chi connectivity index (χ2v) is 6.24. The molecule has 0 saturated carbocycles. The molecule has 2 aromatic rings. The van der Waals surface area contributed by atoms with E-state index in [1.54, 1.807) is 20.8 Å². The minimum absolute atomic E-state index is 0.0169. The molecule has 4 heterocycles. The molecule has 0 aromatic carbocycles. The molecule has 122 valence electrons. The highest BCUT2D eigenvalue weighted by Gasteiger charge is 2.45. The van der Waals surface area contributed by atoms with E-state index in [9.17, 15) is 4.79 Å². The van der Waals surface area contributed by atoms with E-state index >= 15 is 0 Å². The third-order valence-electron chi connectivity index (χ3n) is 4.60. The van der Waals surface area contributed by atoms with Crippen molar-refractivity contribution in [3.63, 3.8) is 0 Å². The molecular weight excluding hydrogens is 300 g/mol. The van der Waals surface area contributed by atoms with Crippen LogP contribution in [0, 0.1) is 26.7 Å². The summed E-state index contributed by atoms with van der Waals surface area (Å²) < 4.78 is 16.1. The Morgan fingerprint density at radius 1 is 1.17 bits per heavy atom. The molecule has 2 aromatic heterocycles. The van der Waals surface area contributed by atoms with Crippen LogP contribution in [-0.2, 0) is 4.74 Å². The Morgan fingerprint density at radius 2 is 2.00 bits per heavy atom. The summed E-state index contributed by atoms with van der Waals surface area (Å²) in [5, 5.41) is 7.78. The molecule has 1 amide bonds. The molecule has 0 unspecified atom stereocenters. The normalized spacial score (nSPS) is 26.7. The van der Waals surface area contributed by atoms with Gasteiger partial charge in [0.1, 0.15) is 17.4 Å². The second kappa shape index (κ2) is 5.16. The van der Waals surface area contributed by atoms with Gasteiger partial charge in [-0.1, -0.05) is 10.3 Å².